The largest absolute Gasteiger partial charge is 0.381 e. The van der Waals surface area contributed by atoms with E-state index in [4.69, 9.17) is 32.7 Å². The number of nitrogens with zero attached hydrogens (tertiary/aromatic N) is 1. The quantitative estimate of drug-likeness (QED) is 0.778. The van der Waals surface area contributed by atoms with Crippen LogP contribution in [0.5, 0.6) is 0 Å². The molecule has 0 N–H and O–H groups in total. The topological polar surface area (TPSA) is 48.4 Å². The van der Waals surface area contributed by atoms with E-state index in [1.54, 1.807) is 6.07 Å². The number of carbonyl (C=O) groups is 1. The van der Waals surface area contributed by atoms with Crippen molar-refractivity contribution >= 4 is 29.0 Å². The molecule has 114 valence electrons. The molecule has 0 aromatic carbocycles. The predicted octanol–water partition coefficient (Wildman–Crippen LogP) is 3.55. The van der Waals surface area contributed by atoms with Crippen LogP contribution in [0.25, 0.3) is 0 Å². The fourth-order valence-corrected chi connectivity index (χ4v) is 3.61. The Hall–Kier alpha value is -0.680. The lowest BCUT2D eigenvalue weighted by molar-refractivity contribution is -0.142. The first-order valence-corrected chi connectivity index (χ1v) is 7.92. The van der Waals surface area contributed by atoms with Crippen molar-refractivity contribution in [3.63, 3.8) is 0 Å². The van der Waals surface area contributed by atoms with Gasteiger partial charge in [-0.3, -0.25) is 4.79 Å². The Morgan fingerprint density at radius 1 is 1.29 bits per heavy atom. The molecule has 0 saturated carbocycles. The van der Waals surface area contributed by atoms with E-state index in [1.807, 2.05) is 0 Å². The first-order chi connectivity index (χ1) is 10.1. The smallest absolute Gasteiger partial charge is 0.185 e. The predicted molar refractivity (Wildman–Crippen MR) is 80.0 cm³/mol. The zero-order chi connectivity index (χ0) is 14.9. The third kappa shape index (κ3) is 3.24. The molecule has 1 unspecified atom stereocenters. The van der Waals surface area contributed by atoms with Gasteiger partial charge in [0.25, 0.3) is 0 Å². The van der Waals surface area contributed by atoms with Gasteiger partial charge in [0.1, 0.15) is 5.69 Å². The van der Waals surface area contributed by atoms with Crippen LogP contribution in [0.3, 0.4) is 0 Å². The van der Waals surface area contributed by atoms with E-state index in [1.165, 1.54) is 6.20 Å². The fourth-order valence-electron chi connectivity index (χ4n) is 3.13. The summed E-state index contributed by atoms with van der Waals surface area (Å²) in [4.78, 5) is 16.8. The minimum Gasteiger partial charge on any atom is -0.381 e. The van der Waals surface area contributed by atoms with Crippen LogP contribution >= 0.6 is 23.2 Å². The Morgan fingerprint density at radius 3 is 2.76 bits per heavy atom. The molecule has 6 heteroatoms. The molecule has 1 atom stereocenters. The van der Waals surface area contributed by atoms with Gasteiger partial charge in [-0.15, -0.1) is 0 Å². The van der Waals surface area contributed by atoms with E-state index in [0.29, 0.717) is 42.0 Å². The van der Waals surface area contributed by atoms with Crippen LogP contribution in [-0.4, -0.2) is 36.2 Å². The standard InChI is InChI=1S/C15H17Cl2NO3/c16-11-7-12(17)13(18-9-11)14(19)10-1-4-21-15(8-10)2-5-20-6-3-15/h7,9-10H,1-6,8H2. The lowest BCUT2D eigenvalue weighted by atomic mass is 9.78. The molecule has 2 saturated heterocycles. The Kier molecular flexibility index (Phi) is 4.50. The van der Waals surface area contributed by atoms with E-state index in [-0.39, 0.29) is 17.3 Å². The van der Waals surface area contributed by atoms with Gasteiger partial charge < -0.3 is 9.47 Å². The van der Waals surface area contributed by atoms with E-state index in [9.17, 15) is 4.79 Å². The third-order valence-corrected chi connectivity index (χ3v) is 4.80. The summed E-state index contributed by atoms with van der Waals surface area (Å²) in [7, 11) is 0. The maximum atomic E-state index is 12.7. The molecular weight excluding hydrogens is 313 g/mol. The molecular formula is C15H17Cl2NO3. The summed E-state index contributed by atoms with van der Waals surface area (Å²) >= 11 is 11.9. The average Bonchev–Trinajstić information content (AvgIpc) is 2.47. The molecule has 21 heavy (non-hydrogen) atoms. The highest BCUT2D eigenvalue weighted by molar-refractivity contribution is 6.36. The molecule has 1 aromatic rings. The summed E-state index contributed by atoms with van der Waals surface area (Å²) in [5.74, 6) is -0.103. The molecule has 2 fully saturated rings. The number of ether oxygens (including phenoxy) is 2. The second-order valence-corrected chi connectivity index (χ2v) is 6.53. The van der Waals surface area contributed by atoms with Gasteiger partial charge in [-0.2, -0.15) is 0 Å². The zero-order valence-corrected chi connectivity index (χ0v) is 13.1. The highest BCUT2D eigenvalue weighted by atomic mass is 35.5. The van der Waals surface area contributed by atoms with Gasteiger partial charge in [0.2, 0.25) is 0 Å². The number of pyridine rings is 1. The minimum atomic E-state index is -0.213. The Labute approximate surface area is 133 Å². The first kappa shape index (κ1) is 15.2. The van der Waals surface area contributed by atoms with E-state index >= 15 is 0 Å². The number of carbonyl (C=O) groups excluding carboxylic acids is 1. The summed E-state index contributed by atoms with van der Waals surface area (Å²) in [5, 5.41) is 0.754. The molecule has 3 rings (SSSR count). The zero-order valence-electron chi connectivity index (χ0n) is 11.6. The van der Waals surface area contributed by atoms with Gasteiger partial charge in [0.05, 0.1) is 15.6 Å². The Balaban J connectivity index is 1.77. The SMILES string of the molecule is O=C(c1ncc(Cl)cc1Cl)C1CCOC2(CCOCC2)C1. The van der Waals surface area contributed by atoms with Crippen molar-refractivity contribution in [1.82, 2.24) is 4.98 Å². The molecule has 0 amide bonds. The Morgan fingerprint density at radius 2 is 2.05 bits per heavy atom. The van der Waals surface area contributed by atoms with Crippen LogP contribution in [0.15, 0.2) is 12.3 Å². The monoisotopic (exact) mass is 329 g/mol. The minimum absolute atomic E-state index is 0.00849. The van der Waals surface area contributed by atoms with Crippen molar-refractivity contribution in [2.24, 2.45) is 5.92 Å². The molecule has 2 aliphatic rings. The number of halogens is 2. The second kappa shape index (κ2) is 6.21. The van der Waals surface area contributed by atoms with Gasteiger partial charge >= 0.3 is 0 Å². The fraction of sp³-hybridized carbons (Fsp3) is 0.600. The number of hydrogen-bond acceptors (Lipinski definition) is 4. The van der Waals surface area contributed by atoms with Crippen LogP contribution in [0, 0.1) is 5.92 Å². The van der Waals surface area contributed by atoms with Gasteiger partial charge in [0, 0.05) is 31.9 Å². The van der Waals surface area contributed by atoms with Crippen LogP contribution in [-0.2, 0) is 9.47 Å². The van der Waals surface area contributed by atoms with Gasteiger partial charge in [-0.1, -0.05) is 23.2 Å². The maximum Gasteiger partial charge on any atom is 0.185 e. The van der Waals surface area contributed by atoms with Crippen LogP contribution in [0.2, 0.25) is 10.0 Å². The molecule has 1 aromatic heterocycles. The van der Waals surface area contributed by atoms with Crippen molar-refractivity contribution in [2.45, 2.75) is 31.3 Å². The van der Waals surface area contributed by atoms with Gasteiger partial charge in [-0.25, -0.2) is 4.98 Å². The lowest BCUT2D eigenvalue weighted by Crippen LogP contribution is -2.46. The molecule has 4 nitrogen and oxygen atoms in total. The number of aromatic nitrogens is 1. The molecule has 1 spiro atoms. The van der Waals surface area contributed by atoms with Crippen molar-refractivity contribution in [3.05, 3.63) is 28.0 Å². The third-order valence-electron chi connectivity index (χ3n) is 4.31. The molecule has 2 aliphatic heterocycles. The van der Waals surface area contributed by atoms with Crippen LogP contribution < -0.4 is 0 Å². The first-order valence-electron chi connectivity index (χ1n) is 7.17. The molecule has 0 bridgehead atoms. The number of ketones is 1. The van der Waals surface area contributed by atoms with Gasteiger partial charge in [-0.05, 0) is 31.7 Å². The number of hydrogen-bond donors (Lipinski definition) is 0. The van der Waals surface area contributed by atoms with Gasteiger partial charge in [0.15, 0.2) is 5.78 Å². The van der Waals surface area contributed by atoms with Crippen LogP contribution in [0.1, 0.15) is 36.2 Å². The van der Waals surface area contributed by atoms with Crippen molar-refractivity contribution in [1.29, 1.82) is 0 Å². The summed E-state index contributed by atoms with van der Waals surface area (Å²) in [6.45, 7) is 1.99. The summed E-state index contributed by atoms with van der Waals surface area (Å²) in [5.41, 5.74) is 0.102. The molecule has 0 radical (unpaired) electrons. The molecule has 3 heterocycles. The number of Topliss-reactive ketones (excluding diaryl/α,β-unsaturated/α-hetero) is 1. The van der Waals surface area contributed by atoms with Crippen molar-refractivity contribution < 1.29 is 14.3 Å². The number of rotatable bonds is 2. The van der Waals surface area contributed by atoms with Crippen LogP contribution in [0.4, 0.5) is 0 Å². The summed E-state index contributed by atoms with van der Waals surface area (Å²) < 4.78 is 11.4. The molecule has 0 aliphatic carbocycles. The normalized spacial score (nSPS) is 25.0. The summed E-state index contributed by atoms with van der Waals surface area (Å²) in [6.07, 6.45) is 4.58. The average molecular weight is 330 g/mol. The summed E-state index contributed by atoms with van der Waals surface area (Å²) in [6, 6.07) is 1.56. The lowest BCUT2D eigenvalue weighted by Gasteiger charge is -2.42. The second-order valence-electron chi connectivity index (χ2n) is 5.68. The van der Waals surface area contributed by atoms with Crippen molar-refractivity contribution in [3.8, 4) is 0 Å². The van der Waals surface area contributed by atoms with E-state index in [0.717, 1.165) is 19.3 Å². The van der Waals surface area contributed by atoms with E-state index < -0.39 is 0 Å². The maximum absolute atomic E-state index is 12.7. The highest BCUT2D eigenvalue weighted by Gasteiger charge is 2.41. The Bertz CT molecular complexity index is 538. The van der Waals surface area contributed by atoms with E-state index in [2.05, 4.69) is 4.98 Å². The van der Waals surface area contributed by atoms with Crippen molar-refractivity contribution in [2.75, 3.05) is 19.8 Å². The highest BCUT2D eigenvalue weighted by Crippen LogP contribution is 2.38.